The number of hydrogen-bond donors (Lipinski definition) is 1. The van der Waals surface area contributed by atoms with E-state index in [9.17, 15) is 9.59 Å². The molecule has 20 heavy (non-hydrogen) atoms. The van der Waals surface area contributed by atoms with Crippen LogP contribution in [0.4, 0.5) is 0 Å². The number of nitrogens with zero attached hydrogens (tertiary/aromatic N) is 2. The number of aromatic amines is 1. The average molecular weight is 293 g/mol. The Morgan fingerprint density at radius 3 is 2.90 bits per heavy atom. The molecule has 0 aromatic carbocycles. The summed E-state index contributed by atoms with van der Waals surface area (Å²) in [5.41, 5.74) is -0.0760. The SMILES string of the molecule is COC(=O)c1cc(=O)[nH]c(=S)n1/N=C(/C)c1ccco1. The zero-order chi connectivity index (χ0) is 14.7. The molecule has 0 aliphatic heterocycles. The fraction of sp³-hybridized carbons (Fsp3) is 0.167. The van der Waals surface area contributed by atoms with Gasteiger partial charge in [-0.05, 0) is 31.3 Å². The number of aromatic nitrogens is 2. The second-order valence-electron chi connectivity index (χ2n) is 3.79. The van der Waals surface area contributed by atoms with E-state index in [-0.39, 0.29) is 10.5 Å². The van der Waals surface area contributed by atoms with Crippen LogP contribution in [-0.2, 0) is 4.74 Å². The summed E-state index contributed by atoms with van der Waals surface area (Å²) in [6.07, 6.45) is 1.50. The highest BCUT2D eigenvalue weighted by molar-refractivity contribution is 7.71. The molecule has 0 saturated carbocycles. The van der Waals surface area contributed by atoms with Crippen LogP contribution in [0.5, 0.6) is 0 Å². The van der Waals surface area contributed by atoms with Gasteiger partial charge < -0.3 is 9.15 Å². The highest BCUT2D eigenvalue weighted by Gasteiger charge is 2.13. The average Bonchev–Trinajstić information content (AvgIpc) is 2.94. The number of esters is 1. The highest BCUT2D eigenvalue weighted by atomic mass is 32.1. The largest absolute Gasteiger partial charge is 0.464 e. The van der Waals surface area contributed by atoms with Gasteiger partial charge in [-0.2, -0.15) is 9.78 Å². The van der Waals surface area contributed by atoms with Gasteiger partial charge in [-0.15, -0.1) is 0 Å². The molecule has 0 atom stereocenters. The Labute approximate surface area is 118 Å². The lowest BCUT2D eigenvalue weighted by atomic mass is 10.3. The van der Waals surface area contributed by atoms with Crippen LogP contribution in [0.15, 0.2) is 38.8 Å². The van der Waals surface area contributed by atoms with Crippen LogP contribution < -0.4 is 5.56 Å². The minimum Gasteiger partial charge on any atom is -0.464 e. The first-order chi connectivity index (χ1) is 9.52. The van der Waals surface area contributed by atoms with Crippen molar-refractivity contribution in [1.29, 1.82) is 0 Å². The summed E-state index contributed by atoms with van der Waals surface area (Å²) in [7, 11) is 1.21. The van der Waals surface area contributed by atoms with Crippen LogP contribution >= 0.6 is 12.2 Å². The third-order valence-electron chi connectivity index (χ3n) is 2.44. The number of ether oxygens (including phenoxy) is 1. The standard InChI is InChI=1S/C12H11N3O4S/c1-7(9-4-3-5-19-9)14-15-8(11(17)18-2)6-10(16)13-12(15)20/h3-6H,1-2H3,(H,13,16,20)/b14-7-. The van der Waals surface area contributed by atoms with Gasteiger partial charge in [-0.25, -0.2) is 4.79 Å². The molecule has 8 heteroatoms. The van der Waals surface area contributed by atoms with Crippen LogP contribution in [0.25, 0.3) is 0 Å². The lowest BCUT2D eigenvalue weighted by Crippen LogP contribution is -2.20. The van der Waals surface area contributed by atoms with Crippen LogP contribution in [-0.4, -0.2) is 28.5 Å². The first kappa shape index (κ1) is 13.9. The maximum Gasteiger partial charge on any atom is 0.357 e. The maximum atomic E-state index is 11.7. The van der Waals surface area contributed by atoms with Crippen molar-refractivity contribution in [2.24, 2.45) is 5.10 Å². The van der Waals surface area contributed by atoms with Crippen molar-refractivity contribution in [3.63, 3.8) is 0 Å². The fourth-order valence-electron chi connectivity index (χ4n) is 1.52. The molecule has 0 spiro atoms. The second kappa shape index (κ2) is 5.66. The molecule has 0 saturated heterocycles. The minimum atomic E-state index is -0.710. The Morgan fingerprint density at radius 2 is 2.30 bits per heavy atom. The lowest BCUT2D eigenvalue weighted by molar-refractivity contribution is 0.0587. The number of furan rings is 1. The Kier molecular flexibility index (Phi) is 3.94. The van der Waals surface area contributed by atoms with Gasteiger partial charge in [0.2, 0.25) is 4.77 Å². The number of methoxy groups -OCH3 is 1. The molecular weight excluding hydrogens is 282 g/mol. The number of rotatable bonds is 3. The maximum absolute atomic E-state index is 11.7. The molecular formula is C12H11N3O4S. The normalized spacial score (nSPS) is 11.4. The Bertz CT molecular complexity index is 771. The van der Waals surface area contributed by atoms with Crippen molar-refractivity contribution in [3.8, 4) is 0 Å². The number of hydrogen-bond acceptors (Lipinski definition) is 6. The monoisotopic (exact) mass is 293 g/mol. The highest BCUT2D eigenvalue weighted by Crippen LogP contribution is 2.06. The van der Waals surface area contributed by atoms with Crippen molar-refractivity contribution in [2.75, 3.05) is 7.11 Å². The van der Waals surface area contributed by atoms with Gasteiger partial charge in [0, 0.05) is 6.07 Å². The summed E-state index contributed by atoms with van der Waals surface area (Å²) in [5.74, 6) is -0.188. The van der Waals surface area contributed by atoms with Crippen LogP contribution in [0.2, 0.25) is 0 Å². The first-order valence-corrected chi connectivity index (χ1v) is 5.98. The molecule has 2 aromatic rings. The van der Waals surface area contributed by atoms with E-state index >= 15 is 0 Å². The van der Waals surface area contributed by atoms with E-state index < -0.39 is 11.5 Å². The van der Waals surface area contributed by atoms with E-state index in [2.05, 4.69) is 14.8 Å². The van der Waals surface area contributed by atoms with Gasteiger partial charge >= 0.3 is 5.97 Å². The summed E-state index contributed by atoms with van der Waals surface area (Å²) >= 11 is 5.00. The first-order valence-electron chi connectivity index (χ1n) is 5.57. The molecule has 104 valence electrons. The Hall–Kier alpha value is -2.48. The van der Waals surface area contributed by atoms with E-state index in [1.54, 1.807) is 19.1 Å². The van der Waals surface area contributed by atoms with E-state index in [0.717, 1.165) is 10.7 Å². The summed E-state index contributed by atoms with van der Waals surface area (Å²) in [4.78, 5) is 25.4. The molecule has 1 N–H and O–H groups in total. The molecule has 2 aromatic heterocycles. The predicted octanol–water partition coefficient (Wildman–Crippen LogP) is 1.56. The molecule has 0 fully saturated rings. The molecule has 7 nitrogen and oxygen atoms in total. The lowest BCUT2D eigenvalue weighted by Gasteiger charge is -2.07. The molecule has 2 heterocycles. The number of H-pyrrole nitrogens is 1. The van der Waals surface area contributed by atoms with Gasteiger partial charge in [-0.1, -0.05) is 0 Å². The quantitative estimate of drug-likeness (QED) is 0.527. The molecule has 0 aliphatic rings. The Balaban J connectivity index is 2.62. The third kappa shape index (κ3) is 2.75. The van der Waals surface area contributed by atoms with Gasteiger partial charge in [0.15, 0.2) is 5.69 Å². The van der Waals surface area contributed by atoms with Gasteiger partial charge in [0.25, 0.3) is 5.56 Å². The number of carbonyl (C=O) groups excluding carboxylic acids is 1. The fourth-order valence-corrected chi connectivity index (χ4v) is 1.76. The summed E-state index contributed by atoms with van der Waals surface area (Å²) < 4.78 is 10.9. The third-order valence-corrected chi connectivity index (χ3v) is 2.72. The zero-order valence-electron chi connectivity index (χ0n) is 10.7. The van der Waals surface area contributed by atoms with Gasteiger partial charge in [-0.3, -0.25) is 9.78 Å². The van der Waals surface area contributed by atoms with Gasteiger partial charge in [0.1, 0.15) is 11.5 Å². The topological polar surface area (TPSA) is 89.6 Å². The number of carbonyl (C=O) groups is 1. The van der Waals surface area contributed by atoms with Crippen molar-refractivity contribution in [3.05, 3.63) is 51.0 Å². The van der Waals surface area contributed by atoms with Crippen LogP contribution in [0.3, 0.4) is 0 Å². The second-order valence-corrected chi connectivity index (χ2v) is 4.18. The van der Waals surface area contributed by atoms with Gasteiger partial charge in [0.05, 0.1) is 13.4 Å². The smallest absolute Gasteiger partial charge is 0.357 e. The number of nitrogens with one attached hydrogen (secondary N) is 1. The molecule has 0 bridgehead atoms. The van der Waals surface area contributed by atoms with Crippen LogP contribution in [0, 0.1) is 4.77 Å². The van der Waals surface area contributed by atoms with Crippen molar-refractivity contribution in [1.82, 2.24) is 9.66 Å². The predicted molar refractivity (Wildman–Crippen MR) is 73.5 cm³/mol. The summed E-state index contributed by atoms with van der Waals surface area (Å²) in [6.45, 7) is 1.69. The molecule has 0 amide bonds. The molecule has 0 unspecified atom stereocenters. The minimum absolute atomic E-state index is 0.0104. The van der Waals surface area contributed by atoms with Crippen molar-refractivity contribution < 1.29 is 13.9 Å². The molecule has 0 radical (unpaired) electrons. The Morgan fingerprint density at radius 1 is 1.55 bits per heavy atom. The van der Waals surface area contributed by atoms with E-state index in [1.165, 1.54) is 13.4 Å². The van der Waals surface area contributed by atoms with E-state index in [4.69, 9.17) is 16.6 Å². The van der Waals surface area contributed by atoms with Crippen molar-refractivity contribution in [2.45, 2.75) is 6.92 Å². The van der Waals surface area contributed by atoms with Crippen molar-refractivity contribution >= 4 is 23.9 Å². The summed E-state index contributed by atoms with van der Waals surface area (Å²) in [5, 5.41) is 4.18. The van der Waals surface area contributed by atoms with E-state index in [0.29, 0.717) is 11.5 Å². The summed E-state index contributed by atoms with van der Waals surface area (Å²) in [6, 6.07) is 4.49. The molecule has 0 aliphatic carbocycles. The zero-order valence-corrected chi connectivity index (χ0v) is 11.6. The van der Waals surface area contributed by atoms with Crippen LogP contribution in [0.1, 0.15) is 23.2 Å². The molecule has 2 rings (SSSR count). The van der Waals surface area contributed by atoms with E-state index in [1.807, 2.05) is 0 Å².